The number of aliphatic hydroxyl groups is 1. The Morgan fingerprint density at radius 3 is 2.93 bits per heavy atom. The van der Waals surface area contributed by atoms with Crippen molar-refractivity contribution < 1.29 is 14.6 Å². The van der Waals surface area contributed by atoms with Crippen molar-refractivity contribution in [1.82, 2.24) is 15.2 Å². The van der Waals surface area contributed by atoms with E-state index in [-0.39, 0.29) is 24.6 Å². The predicted molar refractivity (Wildman–Crippen MR) is 106 cm³/mol. The molecule has 1 aromatic heterocycles. The summed E-state index contributed by atoms with van der Waals surface area (Å²) >= 11 is 0. The Bertz CT molecular complexity index is 772. The Kier molecular flexibility index (Phi) is 6.63. The Balaban J connectivity index is 1.94. The molecule has 27 heavy (non-hydrogen) atoms. The largest absolute Gasteiger partial charge is 0.493 e. The molecule has 0 radical (unpaired) electrons. The molecule has 1 saturated heterocycles. The van der Waals surface area contributed by atoms with Crippen LogP contribution in [0.25, 0.3) is 10.9 Å². The summed E-state index contributed by atoms with van der Waals surface area (Å²) in [6, 6.07) is 9.69. The van der Waals surface area contributed by atoms with E-state index in [0.717, 1.165) is 36.8 Å². The van der Waals surface area contributed by atoms with Crippen molar-refractivity contribution in [2.75, 3.05) is 26.3 Å². The number of fused-ring (bicyclic) bond motifs is 1. The maximum absolute atomic E-state index is 13.4. The average molecular weight is 371 g/mol. The molecule has 0 aliphatic carbocycles. The Hall–Kier alpha value is -2.18. The fourth-order valence-corrected chi connectivity index (χ4v) is 3.64. The molecule has 2 aromatic rings. The zero-order valence-electron chi connectivity index (χ0n) is 16.1. The minimum atomic E-state index is -0.0588. The van der Waals surface area contributed by atoms with Gasteiger partial charge in [-0.1, -0.05) is 12.1 Å². The SMILES string of the molecule is CC(C)N(C(=O)c1cc(OCCCO)c2ccccc2n1)[C@@H]1CCCNC1. The maximum Gasteiger partial charge on any atom is 0.273 e. The van der Waals surface area contributed by atoms with Crippen molar-refractivity contribution in [1.29, 1.82) is 0 Å². The molecule has 0 spiro atoms. The number of carbonyl (C=O) groups is 1. The molecule has 0 unspecified atom stereocenters. The number of ether oxygens (including phenoxy) is 1. The number of para-hydroxylation sites is 1. The summed E-state index contributed by atoms with van der Waals surface area (Å²) in [7, 11) is 0. The van der Waals surface area contributed by atoms with Crippen LogP contribution in [0.15, 0.2) is 30.3 Å². The number of amides is 1. The third-order valence-electron chi connectivity index (χ3n) is 4.91. The summed E-state index contributed by atoms with van der Waals surface area (Å²) in [5.41, 5.74) is 1.15. The molecule has 146 valence electrons. The highest BCUT2D eigenvalue weighted by atomic mass is 16.5. The summed E-state index contributed by atoms with van der Waals surface area (Å²) in [6.07, 6.45) is 2.62. The molecular formula is C21H29N3O3. The van der Waals surface area contributed by atoms with E-state index in [1.54, 1.807) is 6.07 Å². The molecule has 6 heteroatoms. The lowest BCUT2D eigenvalue weighted by atomic mass is 10.0. The first-order valence-electron chi connectivity index (χ1n) is 9.78. The lowest BCUT2D eigenvalue weighted by molar-refractivity contribution is 0.0567. The van der Waals surface area contributed by atoms with E-state index in [9.17, 15) is 4.79 Å². The average Bonchev–Trinajstić information content (AvgIpc) is 2.68. The van der Waals surface area contributed by atoms with Gasteiger partial charge in [-0.25, -0.2) is 4.98 Å². The number of carbonyl (C=O) groups excluding carboxylic acids is 1. The topological polar surface area (TPSA) is 74.7 Å². The van der Waals surface area contributed by atoms with E-state index in [0.29, 0.717) is 24.5 Å². The van der Waals surface area contributed by atoms with Gasteiger partial charge in [-0.2, -0.15) is 0 Å². The maximum atomic E-state index is 13.4. The number of aliphatic hydroxyl groups excluding tert-OH is 1. The van der Waals surface area contributed by atoms with Crippen LogP contribution >= 0.6 is 0 Å². The van der Waals surface area contributed by atoms with Gasteiger partial charge < -0.3 is 20.1 Å². The van der Waals surface area contributed by atoms with E-state index < -0.39 is 0 Å². The first-order valence-corrected chi connectivity index (χ1v) is 9.78. The van der Waals surface area contributed by atoms with Crippen molar-refractivity contribution in [3.8, 4) is 5.75 Å². The number of nitrogens with one attached hydrogen (secondary N) is 1. The van der Waals surface area contributed by atoms with E-state index in [2.05, 4.69) is 10.3 Å². The van der Waals surface area contributed by atoms with Gasteiger partial charge >= 0.3 is 0 Å². The van der Waals surface area contributed by atoms with Crippen LogP contribution in [-0.4, -0.2) is 59.3 Å². The van der Waals surface area contributed by atoms with E-state index in [1.165, 1.54) is 0 Å². The monoisotopic (exact) mass is 371 g/mol. The van der Waals surface area contributed by atoms with Gasteiger partial charge in [0.2, 0.25) is 0 Å². The molecule has 1 aliphatic heterocycles. The fraction of sp³-hybridized carbons (Fsp3) is 0.524. The van der Waals surface area contributed by atoms with Gasteiger partial charge in [0.15, 0.2) is 0 Å². The van der Waals surface area contributed by atoms with Crippen LogP contribution in [0.1, 0.15) is 43.6 Å². The zero-order valence-corrected chi connectivity index (χ0v) is 16.1. The second-order valence-corrected chi connectivity index (χ2v) is 7.25. The fourth-order valence-electron chi connectivity index (χ4n) is 3.64. The molecule has 1 fully saturated rings. The van der Waals surface area contributed by atoms with Gasteiger partial charge in [-0.3, -0.25) is 4.79 Å². The van der Waals surface area contributed by atoms with E-state index in [1.807, 2.05) is 43.0 Å². The summed E-state index contributed by atoms with van der Waals surface area (Å²) in [5.74, 6) is 0.583. The number of benzene rings is 1. The Morgan fingerprint density at radius 2 is 2.22 bits per heavy atom. The molecule has 1 aromatic carbocycles. The van der Waals surface area contributed by atoms with E-state index >= 15 is 0 Å². The zero-order chi connectivity index (χ0) is 19.2. The molecule has 1 aliphatic rings. The van der Waals surface area contributed by atoms with Gasteiger partial charge in [-0.15, -0.1) is 0 Å². The molecule has 0 saturated carbocycles. The highest BCUT2D eigenvalue weighted by Crippen LogP contribution is 2.27. The smallest absolute Gasteiger partial charge is 0.273 e. The summed E-state index contributed by atoms with van der Waals surface area (Å²) < 4.78 is 5.85. The Labute approximate surface area is 160 Å². The quantitative estimate of drug-likeness (QED) is 0.732. The Morgan fingerprint density at radius 1 is 1.41 bits per heavy atom. The van der Waals surface area contributed by atoms with Crippen molar-refractivity contribution in [3.63, 3.8) is 0 Å². The first-order chi connectivity index (χ1) is 13.1. The number of aromatic nitrogens is 1. The van der Waals surface area contributed by atoms with Crippen LogP contribution < -0.4 is 10.1 Å². The molecule has 3 rings (SSSR count). The van der Waals surface area contributed by atoms with E-state index in [4.69, 9.17) is 9.84 Å². The summed E-state index contributed by atoms with van der Waals surface area (Å²) in [5, 5.41) is 13.3. The summed E-state index contributed by atoms with van der Waals surface area (Å²) in [4.78, 5) is 19.9. The number of rotatable bonds is 7. The van der Waals surface area contributed by atoms with Crippen molar-refractivity contribution in [3.05, 3.63) is 36.0 Å². The van der Waals surface area contributed by atoms with Crippen molar-refractivity contribution >= 4 is 16.8 Å². The molecular weight excluding hydrogens is 342 g/mol. The minimum absolute atomic E-state index is 0.0588. The number of pyridine rings is 1. The predicted octanol–water partition coefficient (Wildman–Crippen LogP) is 2.60. The molecule has 6 nitrogen and oxygen atoms in total. The van der Waals surface area contributed by atoms with Crippen LogP contribution in [0.5, 0.6) is 5.75 Å². The molecule has 2 heterocycles. The number of hydrogen-bond acceptors (Lipinski definition) is 5. The minimum Gasteiger partial charge on any atom is -0.493 e. The lowest BCUT2D eigenvalue weighted by Crippen LogP contribution is -2.51. The third kappa shape index (κ3) is 4.57. The number of hydrogen-bond donors (Lipinski definition) is 2. The standard InChI is InChI=1S/C21H29N3O3/c1-15(2)24(16-7-5-10-22-14-16)21(26)19-13-20(27-12-6-11-25)17-8-3-4-9-18(17)23-19/h3-4,8-9,13,15-16,22,25H,5-7,10-12,14H2,1-2H3/t16-/m1/s1. The highest BCUT2D eigenvalue weighted by Gasteiger charge is 2.29. The second-order valence-electron chi connectivity index (χ2n) is 7.25. The lowest BCUT2D eigenvalue weighted by Gasteiger charge is -2.37. The number of nitrogens with zero attached hydrogens (tertiary/aromatic N) is 2. The van der Waals surface area contributed by atoms with Gasteiger partial charge in [0.05, 0.1) is 12.1 Å². The van der Waals surface area contributed by atoms with Crippen LogP contribution in [0.2, 0.25) is 0 Å². The van der Waals surface area contributed by atoms with Crippen LogP contribution in [0.3, 0.4) is 0 Å². The van der Waals surface area contributed by atoms with Gasteiger partial charge in [0, 0.05) is 43.1 Å². The molecule has 0 bridgehead atoms. The van der Waals surface area contributed by atoms with Crippen molar-refractivity contribution in [2.24, 2.45) is 0 Å². The molecule has 2 N–H and O–H groups in total. The normalized spacial score (nSPS) is 17.3. The van der Waals surface area contributed by atoms with Crippen LogP contribution in [-0.2, 0) is 0 Å². The van der Waals surface area contributed by atoms with Crippen LogP contribution in [0, 0.1) is 0 Å². The highest BCUT2D eigenvalue weighted by molar-refractivity contribution is 5.97. The third-order valence-corrected chi connectivity index (χ3v) is 4.91. The number of piperidine rings is 1. The van der Waals surface area contributed by atoms with Crippen molar-refractivity contribution in [2.45, 2.75) is 45.2 Å². The van der Waals surface area contributed by atoms with Gasteiger partial charge in [0.1, 0.15) is 11.4 Å². The summed E-state index contributed by atoms with van der Waals surface area (Å²) in [6.45, 7) is 6.40. The van der Waals surface area contributed by atoms with Gasteiger partial charge in [0.25, 0.3) is 5.91 Å². The molecule has 1 atom stereocenters. The van der Waals surface area contributed by atoms with Crippen LogP contribution in [0.4, 0.5) is 0 Å². The molecule has 1 amide bonds. The second kappa shape index (κ2) is 9.15. The van der Waals surface area contributed by atoms with Gasteiger partial charge in [-0.05, 0) is 45.4 Å². The first kappa shape index (κ1) is 19.6.